The highest BCUT2D eigenvalue weighted by Crippen LogP contribution is 2.40. The van der Waals surface area contributed by atoms with Crippen molar-refractivity contribution in [3.05, 3.63) is 29.6 Å². The second kappa shape index (κ2) is 5.25. The monoisotopic (exact) mass is 273 g/mol. The van der Waals surface area contributed by atoms with Crippen LogP contribution < -0.4 is 5.32 Å². The minimum atomic E-state index is -0.0809. The van der Waals surface area contributed by atoms with Crippen LogP contribution in [0.15, 0.2) is 18.2 Å². The molecular formula is C15H19N3O2. The van der Waals surface area contributed by atoms with E-state index in [2.05, 4.69) is 14.9 Å². The first kappa shape index (κ1) is 13.1. The van der Waals surface area contributed by atoms with Gasteiger partial charge in [0.05, 0.1) is 17.6 Å². The van der Waals surface area contributed by atoms with Crippen LogP contribution in [0, 0.1) is 0 Å². The average molecular weight is 273 g/mol. The summed E-state index contributed by atoms with van der Waals surface area (Å²) in [5.41, 5.74) is 2.63. The molecule has 0 aliphatic heterocycles. The fourth-order valence-corrected chi connectivity index (χ4v) is 2.44. The lowest BCUT2D eigenvalue weighted by molar-refractivity contribution is 0.0937. The van der Waals surface area contributed by atoms with Crippen molar-refractivity contribution in [1.29, 1.82) is 0 Å². The number of nitrogens with zero attached hydrogens (tertiary/aromatic N) is 2. The number of imidazole rings is 1. The number of rotatable bonds is 5. The zero-order valence-electron chi connectivity index (χ0n) is 11.8. The number of hydrogen-bond acceptors (Lipinski definition) is 3. The van der Waals surface area contributed by atoms with Crippen LogP contribution in [0.1, 0.15) is 34.9 Å². The van der Waals surface area contributed by atoms with Crippen LogP contribution >= 0.6 is 0 Å². The summed E-state index contributed by atoms with van der Waals surface area (Å²) in [5.74, 6) is 1.66. The molecule has 1 N–H and O–H groups in total. The van der Waals surface area contributed by atoms with E-state index >= 15 is 0 Å². The van der Waals surface area contributed by atoms with Gasteiger partial charge >= 0.3 is 0 Å². The Morgan fingerprint density at radius 2 is 2.30 bits per heavy atom. The van der Waals surface area contributed by atoms with Crippen molar-refractivity contribution in [2.45, 2.75) is 18.8 Å². The lowest BCUT2D eigenvalue weighted by Gasteiger charge is -2.04. The van der Waals surface area contributed by atoms with Crippen molar-refractivity contribution in [3.8, 4) is 0 Å². The minimum absolute atomic E-state index is 0.0809. The van der Waals surface area contributed by atoms with E-state index in [4.69, 9.17) is 4.74 Å². The van der Waals surface area contributed by atoms with Gasteiger partial charge in [-0.3, -0.25) is 4.79 Å². The van der Waals surface area contributed by atoms with Crippen LogP contribution in [0.5, 0.6) is 0 Å². The molecule has 0 bridgehead atoms. The van der Waals surface area contributed by atoms with Crippen molar-refractivity contribution in [1.82, 2.24) is 14.9 Å². The first-order chi connectivity index (χ1) is 9.70. The number of ether oxygens (including phenoxy) is 1. The number of hydrogen-bond donors (Lipinski definition) is 1. The maximum absolute atomic E-state index is 12.0. The summed E-state index contributed by atoms with van der Waals surface area (Å²) in [4.78, 5) is 16.7. The molecule has 0 saturated heterocycles. The van der Waals surface area contributed by atoms with Crippen molar-refractivity contribution in [2.75, 3.05) is 20.3 Å². The molecule has 3 rings (SSSR count). The normalized spacial score (nSPS) is 14.7. The Bertz CT molecular complexity index is 644. The summed E-state index contributed by atoms with van der Waals surface area (Å²) in [6, 6.07) is 5.69. The molecule has 1 aliphatic carbocycles. The van der Waals surface area contributed by atoms with Crippen molar-refractivity contribution in [3.63, 3.8) is 0 Å². The molecule has 0 spiro atoms. The van der Waals surface area contributed by atoms with E-state index in [1.165, 1.54) is 12.8 Å². The fraction of sp³-hybridized carbons (Fsp3) is 0.467. The lowest BCUT2D eigenvalue weighted by atomic mass is 10.2. The van der Waals surface area contributed by atoms with E-state index in [-0.39, 0.29) is 5.91 Å². The molecule has 1 heterocycles. The van der Waals surface area contributed by atoms with Gasteiger partial charge in [0.2, 0.25) is 0 Å². The predicted molar refractivity (Wildman–Crippen MR) is 76.9 cm³/mol. The van der Waals surface area contributed by atoms with E-state index in [0.29, 0.717) is 24.6 Å². The van der Waals surface area contributed by atoms with Gasteiger partial charge in [-0.1, -0.05) is 0 Å². The number of benzene rings is 1. The van der Waals surface area contributed by atoms with Gasteiger partial charge in [-0.25, -0.2) is 4.98 Å². The number of nitrogens with one attached hydrogen (secondary N) is 1. The number of amides is 1. The third kappa shape index (κ3) is 2.41. The molecule has 1 fully saturated rings. The molecule has 0 radical (unpaired) electrons. The van der Waals surface area contributed by atoms with E-state index in [1.54, 1.807) is 7.11 Å². The first-order valence-corrected chi connectivity index (χ1v) is 6.94. The van der Waals surface area contributed by atoms with Gasteiger partial charge in [0.15, 0.2) is 0 Å². The zero-order valence-corrected chi connectivity index (χ0v) is 11.8. The highest BCUT2D eigenvalue weighted by atomic mass is 16.5. The van der Waals surface area contributed by atoms with E-state index in [0.717, 1.165) is 16.9 Å². The predicted octanol–water partition coefficient (Wildman–Crippen LogP) is 1.83. The van der Waals surface area contributed by atoms with Gasteiger partial charge < -0.3 is 14.6 Å². The van der Waals surface area contributed by atoms with Gasteiger partial charge in [-0.05, 0) is 31.0 Å². The number of methoxy groups -OCH3 is 1. The van der Waals surface area contributed by atoms with Gasteiger partial charge in [-0.2, -0.15) is 0 Å². The third-order valence-corrected chi connectivity index (χ3v) is 3.71. The number of aryl methyl sites for hydroxylation is 1. The number of carbonyl (C=O) groups excluding carboxylic acids is 1. The summed E-state index contributed by atoms with van der Waals surface area (Å²) in [5, 5.41) is 2.82. The molecule has 0 atom stereocenters. The molecule has 5 heteroatoms. The minimum Gasteiger partial charge on any atom is -0.383 e. The van der Waals surface area contributed by atoms with Crippen molar-refractivity contribution < 1.29 is 9.53 Å². The Hall–Kier alpha value is -1.88. The fourth-order valence-electron chi connectivity index (χ4n) is 2.44. The second-order valence-electron chi connectivity index (χ2n) is 5.26. The molecular weight excluding hydrogens is 254 g/mol. The molecule has 1 aromatic carbocycles. The average Bonchev–Trinajstić information content (AvgIpc) is 3.24. The third-order valence-electron chi connectivity index (χ3n) is 3.71. The maximum Gasteiger partial charge on any atom is 0.251 e. The molecule has 1 saturated carbocycles. The maximum atomic E-state index is 12.0. The molecule has 1 amide bonds. The topological polar surface area (TPSA) is 56.1 Å². The standard InChI is InChI=1S/C15H19N3O2/c1-18-13-6-5-11(15(19)16-7-8-20-2)9-12(13)17-14(18)10-3-4-10/h5-6,9-10H,3-4,7-8H2,1-2H3,(H,16,19). The molecule has 1 aliphatic rings. The zero-order chi connectivity index (χ0) is 14.1. The quantitative estimate of drug-likeness (QED) is 0.846. The molecule has 5 nitrogen and oxygen atoms in total. The molecule has 20 heavy (non-hydrogen) atoms. The van der Waals surface area contributed by atoms with Crippen LogP contribution in [-0.2, 0) is 11.8 Å². The van der Waals surface area contributed by atoms with Crippen LogP contribution in [0.25, 0.3) is 11.0 Å². The molecule has 0 unspecified atom stereocenters. The van der Waals surface area contributed by atoms with Crippen molar-refractivity contribution in [2.24, 2.45) is 7.05 Å². The Balaban J connectivity index is 1.84. The van der Waals surface area contributed by atoms with E-state index < -0.39 is 0 Å². The van der Waals surface area contributed by atoms with Crippen LogP contribution in [0.2, 0.25) is 0 Å². The summed E-state index contributed by atoms with van der Waals surface area (Å²) in [6.45, 7) is 1.03. The van der Waals surface area contributed by atoms with Crippen LogP contribution in [-0.4, -0.2) is 35.7 Å². The number of carbonyl (C=O) groups is 1. The Morgan fingerprint density at radius 1 is 1.50 bits per heavy atom. The molecule has 2 aromatic rings. The smallest absolute Gasteiger partial charge is 0.251 e. The van der Waals surface area contributed by atoms with Gasteiger partial charge in [0.1, 0.15) is 5.82 Å². The van der Waals surface area contributed by atoms with E-state index in [1.807, 2.05) is 25.2 Å². The molecule has 1 aromatic heterocycles. The van der Waals surface area contributed by atoms with Gasteiger partial charge in [0, 0.05) is 32.2 Å². The Morgan fingerprint density at radius 3 is 3.00 bits per heavy atom. The summed E-state index contributed by atoms with van der Waals surface area (Å²) in [7, 11) is 3.66. The van der Waals surface area contributed by atoms with Gasteiger partial charge in [0.25, 0.3) is 5.91 Å². The van der Waals surface area contributed by atoms with E-state index in [9.17, 15) is 4.79 Å². The first-order valence-electron chi connectivity index (χ1n) is 6.94. The van der Waals surface area contributed by atoms with Crippen LogP contribution in [0.4, 0.5) is 0 Å². The Labute approximate surface area is 117 Å². The number of aromatic nitrogens is 2. The summed E-state index contributed by atoms with van der Waals surface area (Å²) < 4.78 is 7.06. The Kier molecular flexibility index (Phi) is 3.44. The molecule has 106 valence electrons. The largest absolute Gasteiger partial charge is 0.383 e. The second-order valence-corrected chi connectivity index (χ2v) is 5.26. The highest BCUT2D eigenvalue weighted by Gasteiger charge is 2.28. The highest BCUT2D eigenvalue weighted by molar-refractivity contribution is 5.97. The SMILES string of the molecule is COCCNC(=O)c1ccc2c(c1)nc(C1CC1)n2C. The van der Waals surface area contributed by atoms with Gasteiger partial charge in [-0.15, -0.1) is 0 Å². The van der Waals surface area contributed by atoms with Crippen molar-refractivity contribution >= 4 is 16.9 Å². The van der Waals surface area contributed by atoms with Crippen LogP contribution in [0.3, 0.4) is 0 Å². The summed E-state index contributed by atoms with van der Waals surface area (Å²) >= 11 is 0. The summed E-state index contributed by atoms with van der Waals surface area (Å²) in [6.07, 6.45) is 2.45. The lowest BCUT2D eigenvalue weighted by Crippen LogP contribution is -2.26. The number of fused-ring (bicyclic) bond motifs is 1.